The number of amides is 1. The number of aromatic nitrogens is 2. The molecule has 0 radical (unpaired) electrons. The number of carbonyl (C=O) groups is 1. The number of rotatable bonds is 5. The van der Waals surface area contributed by atoms with Gasteiger partial charge in [0.2, 0.25) is 0 Å². The number of halogens is 2. The van der Waals surface area contributed by atoms with Crippen molar-refractivity contribution < 1.29 is 9.18 Å². The Hall–Kier alpha value is -3.77. The summed E-state index contributed by atoms with van der Waals surface area (Å²) in [6, 6.07) is 21.7. The van der Waals surface area contributed by atoms with Crippen LogP contribution < -0.4 is 10.6 Å². The van der Waals surface area contributed by atoms with E-state index >= 15 is 0 Å². The van der Waals surface area contributed by atoms with Gasteiger partial charge in [0, 0.05) is 33.7 Å². The zero-order valence-electron chi connectivity index (χ0n) is 15.6. The molecule has 4 aromatic rings. The molecule has 0 atom stereocenters. The Bertz CT molecular complexity index is 1180. The lowest BCUT2D eigenvalue weighted by molar-refractivity contribution is 0.102. The molecule has 4 rings (SSSR count). The maximum atomic E-state index is 13.1. The minimum Gasteiger partial charge on any atom is -0.340 e. The first kappa shape index (κ1) is 19.5. The van der Waals surface area contributed by atoms with Crippen LogP contribution in [0.3, 0.4) is 0 Å². The summed E-state index contributed by atoms with van der Waals surface area (Å²) < 4.78 is 13.1. The molecular formula is C23H16ClFN4O. The van der Waals surface area contributed by atoms with Crippen LogP contribution in [0.25, 0.3) is 11.4 Å². The second-order valence-electron chi connectivity index (χ2n) is 6.44. The third-order valence-electron chi connectivity index (χ3n) is 4.26. The second-order valence-corrected chi connectivity index (χ2v) is 6.88. The number of carbonyl (C=O) groups excluding carboxylic acids is 1. The molecule has 0 aliphatic heterocycles. The fourth-order valence-electron chi connectivity index (χ4n) is 2.79. The summed E-state index contributed by atoms with van der Waals surface area (Å²) in [5.74, 6) is 0.523. The zero-order chi connectivity index (χ0) is 20.9. The molecule has 0 fully saturated rings. The molecule has 0 unspecified atom stereocenters. The summed E-state index contributed by atoms with van der Waals surface area (Å²) in [6.07, 6.45) is 1.63. The summed E-state index contributed by atoms with van der Waals surface area (Å²) in [6.45, 7) is 0. The van der Waals surface area contributed by atoms with E-state index in [1.165, 1.54) is 12.1 Å². The van der Waals surface area contributed by atoms with E-state index in [-0.39, 0.29) is 11.7 Å². The minimum atomic E-state index is -0.312. The molecule has 0 bridgehead atoms. The molecule has 7 heteroatoms. The van der Waals surface area contributed by atoms with Gasteiger partial charge in [0.1, 0.15) is 11.6 Å². The SMILES string of the molecule is O=C(Nc1cccc(Cl)c1)c1ccc(Nc2ccnc(-c3ccc(F)cc3)n2)cc1. The van der Waals surface area contributed by atoms with Crippen molar-refractivity contribution in [3.63, 3.8) is 0 Å². The Balaban J connectivity index is 1.45. The lowest BCUT2D eigenvalue weighted by Crippen LogP contribution is -2.11. The highest BCUT2D eigenvalue weighted by Gasteiger charge is 2.08. The summed E-state index contributed by atoms with van der Waals surface area (Å²) in [5.41, 5.74) is 2.62. The van der Waals surface area contributed by atoms with Crippen molar-refractivity contribution in [2.24, 2.45) is 0 Å². The first-order valence-electron chi connectivity index (χ1n) is 9.10. The van der Waals surface area contributed by atoms with Gasteiger partial charge in [0.15, 0.2) is 5.82 Å². The Labute approximate surface area is 177 Å². The molecule has 2 N–H and O–H groups in total. The van der Waals surface area contributed by atoms with Crippen molar-refractivity contribution in [2.45, 2.75) is 0 Å². The van der Waals surface area contributed by atoms with Crippen LogP contribution in [-0.2, 0) is 0 Å². The maximum Gasteiger partial charge on any atom is 0.255 e. The lowest BCUT2D eigenvalue weighted by atomic mass is 10.2. The van der Waals surface area contributed by atoms with Crippen LogP contribution in [-0.4, -0.2) is 15.9 Å². The minimum absolute atomic E-state index is 0.232. The number of nitrogens with one attached hydrogen (secondary N) is 2. The van der Waals surface area contributed by atoms with Crippen molar-refractivity contribution in [1.82, 2.24) is 9.97 Å². The third-order valence-corrected chi connectivity index (χ3v) is 4.50. The average molecular weight is 419 g/mol. The first-order valence-corrected chi connectivity index (χ1v) is 9.48. The Morgan fingerprint density at radius 3 is 2.40 bits per heavy atom. The highest BCUT2D eigenvalue weighted by molar-refractivity contribution is 6.31. The van der Waals surface area contributed by atoms with E-state index in [0.717, 1.165) is 5.69 Å². The summed E-state index contributed by atoms with van der Waals surface area (Å²) >= 11 is 5.94. The van der Waals surface area contributed by atoms with Crippen molar-refractivity contribution in [2.75, 3.05) is 10.6 Å². The van der Waals surface area contributed by atoms with Crippen molar-refractivity contribution in [1.29, 1.82) is 0 Å². The molecular weight excluding hydrogens is 403 g/mol. The van der Waals surface area contributed by atoms with Crippen LogP contribution in [0, 0.1) is 5.82 Å². The average Bonchev–Trinajstić information content (AvgIpc) is 2.75. The molecule has 0 aliphatic carbocycles. The van der Waals surface area contributed by atoms with E-state index < -0.39 is 0 Å². The van der Waals surface area contributed by atoms with Gasteiger partial charge < -0.3 is 10.6 Å². The number of hydrogen-bond donors (Lipinski definition) is 2. The molecule has 148 valence electrons. The van der Waals surface area contributed by atoms with E-state index in [9.17, 15) is 9.18 Å². The summed E-state index contributed by atoms with van der Waals surface area (Å²) in [4.78, 5) is 21.1. The van der Waals surface area contributed by atoms with Crippen molar-refractivity contribution in [3.8, 4) is 11.4 Å². The number of anilines is 3. The van der Waals surface area contributed by atoms with Crippen LogP contribution in [0.2, 0.25) is 5.02 Å². The van der Waals surface area contributed by atoms with Crippen molar-refractivity contribution in [3.05, 3.63) is 101 Å². The van der Waals surface area contributed by atoms with Crippen LogP contribution in [0.4, 0.5) is 21.6 Å². The molecule has 5 nitrogen and oxygen atoms in total. The summed E-state index contributed by atoms with van der Waals surface area (Å²) in [5, 5.41) is 6.53. The van der Waals surface area contributed by atoms with Crippen LogP contribution in [0.1, 0.15) is 10.4 Å². The molecule has 1 aromatic heterocycles. The van der Waals surface area contributed by atoms with Crippen LogP contribution in [0.15, 0.2) is 85.1 Å². The molecule has 0 saturated heterocycles. The molecule has 0 spiro atoms. The molecule has 0 aliphatic rings. The normalized spacial score (nSPS) is 10.5. The predicted octanol–water partition coefficient (Wildman–Crippen LogP) is 5.93. The Morgan fingerprint density at radius 2 is 1.67 bits per heavy atom. The fraction of sp³-hybridized carbons (Fsp3) is 0. The van der Waals surface area contributed by atoms with Crippen LogP contribution >= 0.6 is 11.6 Å². The first-order chi connectivity index (χ1) is 14.6. The van der Waals surface area contributed by atoms with E-state index in [2.05, 4.69) is 20.6 Å². The quantitative estimate of drug-likeness (QED) is 0.421. The van der Waals surface area contributed by atoms with E-state index in [0.29, 0.717) is 33.5 Å². The van der Waals surface area contributed by atoms with Crippen molar-refractivity contribution >= 4 is 34.7 Å². The number of nitrogens with zero attached hydrogens (tertiary/aromatic N) is 2. The van der Waals surface area contributed by atoms with Gasteiger partial charge in [0.05, 0.1) is 0 Å². The molecule has 1 heterocycles. The summed E-state index contributed by atoms with van der Waals surface area (Å²) in [7, 11) is 0. The van der Waals surface area contributed by atoms with E-state index in [1.54, 1.807) is 72.9 Å². The molecule has 30 heavy (non-hydrogen) atoms. The Morgan fingerprint density at radius 1 is 0.900 bits per heavy atom. The van der Waals surface area contributed by atoms with Crippen LogP contribution in [0.5, 0.6) is 0 Å². The second kappa shape index (κ2) is 8.71. The standard InChI is InChI=1S/C23H16ClFN4O/c24-17-2-1-3-20(14-17)28-23(30)16-6-10-19(11-7-16)27-21-12-13-26-22(29-21)15-4-8-18(25)9-5-15/h1-14H,(H,28,30)(H,26,27,29). The highest BCUT2D eigenvalue weighted by atomic mass is 35.5. The van der Waals surface area contributed by atoms with Gasteiger partial charge in [0.25, 0.3) is 5.91 Å². The van der Waals surface area contributed by atoms with Gasteiger partial charge in [-0.2, -0.15) is 0 Å². The van der Waals surface area contributed by atoms with Gasteiger partial charge >= 0.3 is 0 Å². The molecule has 3 aromatic carbocycles. The number of hydrogen-bond acceptors (Lipinski definition) is 4. The van der Waals surface area contributed by atoms with Gasteiger partial charge in [-0.3, -0.25) is 4.79 Å². The molecule has 1 amide bonds. The van der Waals surface area contributed by atoms with E-state index in [1.807, 2.05) is 0 Å². The lowest BCUT2D eigenvalue weighted by Gasteiger charge is -2.09. The van der Waals surface area contributed by atoms with Gasteiger partial charge in [-0.05, 0) is 72.8 Å². The fourth-order valence-corrected chi connectivity index (χ4v) is 2.98. The largest absolute Gasteiger partial charge is 0.340 e. The highest BCUT2D eigenvalue weighted by Crippen LogP contribution is 2.21. The predicted molar refractivity (Wildman–Crippen MR) is 117 cm³/mol. The Kier molecular flexibility index (Phi) is 5.68. The third kappa shape index (κ3) is 4.79. The van der Waals surface area contributed by atoms with Gasteiger partial charge in [-0.15, -0.1) is 0 Å². The van der Waals surface area contributed by atoms with Gasteiger partial charge in [-0.1, -0.05) is 17.7 Å². The smallest absolute Gasteiger partial charge is 0.255 e. The number of benzene rings is 3. The van der Waals surface area contributed by atoms with Gasteiger partial charge in [-0.25, -0.2) is 14.4 Å². The van der Waals surface area contributed by atoms with E-state index in [4.69, 9.17) is 11.6 Å². The monoisotopic (exact) mass is 418 g/mol. The molecule has 0 saturated carbocycles. The zero-order valence-corrected chi connectivity index (χ0v) is 16.4. The topological polar surface area (TPSA) is 66.9 Å². The maximum absolute atomic E-state index is 13.1.